The summed E-state index contributed by atoms with van der Waals surface area (Å²) in [7, 11) is -0.133. The third-order valence-electron chi connectivity index (χ3n) is 3.11. The van der Waals surface area contributed by atoms with Crippen molar-refractivity contribution < 1.29 is 8.42 Å². The van der Waals surface area contributed by atoms with Crippen molar-refractivity contribution in [2.24, 2.45) is 5.92 Å². The van der Waals surface area contributed by atoms with Gasteiger partial charge in [0.1, 0.15) is 0 Å². The highest BCUT2D eigenvalue weighted by Gasteiger charge is 2.35. The molecule has 1 rings (SSSR count). The van der Waals surface area contributed by atoms with E-state index in [-0.39, 0.29) is 12.1 Å². The lowest BCUT2D eigenvalue weighted by atomic mass is 10.0. The normalized spacial score (nSPS) is 28.9. The predicted octanol–water partition coefficient (Wildman–Crippen LogP) is 0.111. The minimum atomic E-state index is -3.29. The van der Waals surface area contributed by atoms with Gasteiger partial charge in [-0.15, -0.1) is 0 Å². The van der Waals surface area contributed by atoms with Crippen molar-refractivity contribution in [1.29, 1.82) is 0 Å². The van der Waals surface area contributed by atoms with Gasteiger partial charge in [0.05, 0.1) is 0 Å². The topological polar surface area (TPSA) is 52.7 Å². The molecule has 0 spiro atoms. The predicted molar refractivity (Wildman–Crippen MR) is 65.4 cm³/mol. The van der Waals surface area contributed by atoms with Crippen LogP contribution in [0.25, 0.3) is 0 Å². The van der Waals surface area contributed by atoms with Crippen molar-refractivity contribution in [3.63, 3.8) is 0 Å². The maximum atomic E-state index is 12.1. The number of hydrogen-bond donors (Lipinski definition) is 1. The Morgan fingerprint density at radius 2 is 1.94 bits per heavy atom. The standard InChI is InChI=1S/C10H23N3O2S/c1-8(2)10-7-13(9(3)6-11-10)16(14,15)12(4)5/h8-11H,6-7H2,1-5H3. The van der Waals surface area contributed by atoms with Crippen LogP contribution in [0.5, 0.6) is 0 Å². The van der Waals surface area contributed by atoms with Gasteiger partial charge in [0.15, 0.2) is 0 Å². The summed E-state index contributed by atoms with van der Waals surface area (Å²) in [6.45, 7) is 7.42. The Kier molecular flexibility index (Phi) is 4.34. The zero-order chi connectivity index (χ0) is 12.5. The first-order valence-electron chi connectivity index (χ1n) is 5.69. The van der Waals surface area contributed by atoms with Crippen LogP contribution in [0.2, 0.25) is 0 Å². The average molecular weight is 249 g/mol. The van der Waals surface area contributed by atoms with E-state index in [9.17, 15) is 8.42 Å². The molecular formula is C10H23N3O2S. The number of rotatable bonds is 3. The minimum Gasteiger partial charge on any atom is -0.311 e. The summed E-state index contributed by atoms with van der Waals surface area (Å²) < 4.78 is 27.1. The molecule has 1 aliphatic heterocycles. The summed E-state index contributed by atoms with van der Waals surface area (Å²) in [5, 5.41) is 3.38. The van der Waals surface area contributed by atoms with Crippen LogP contribution in [0, 0.1) is 5.92 Å². The lowest BCUT2D eigenvalue weighted by molar-refractivity contribution is 0.198. The van der Waals surface area contributed by atoms with Gasteiger partial charge < -0.3 is 5.32 Å². The highest BCUT2D eigenvalue weighted by molar-refractivity contribution is 7.86. The fourth-order valence-electron chi connectivity index (χ4n) is 1.84. The Labute approximate surface area is 99.0 Å². The van der Waals surface area contributed by atoms with E-state index >= 15 is 0 Å². The molecule has 2 unspecified atom stereocenters. The summed E-state index contributed by atoms with van der Waals surface area (Å²) in [5.41, 5.74) is 0. The molecule has 0 aromatic heterocycles. The number of nitrogens with one attached hydrogen (secondary N) is 1. The van der Waals surface area contributed by atoms with E-state index in [2.05, 4.69) is 19.2 Å². The van der Waals surface area contributed by atoms with Crippen molar-refractivity contribution in [2.45, 2.75) is 32.9 Å². The van der Waals surface area contributed by atoms with Crippen LogP contribution in [0.3, 0.4) is 0 Å². The van der Waals surface area contributed by atoms with E-state index in [1.807, 2.05) is 6.92 Å². The smallest absolute Gasteiger partial charge is 0.281 e. The van der Waals surface area contributed by atoms with Crippen molar-refractivity contribution in [3.05, 3.63) is 0 Å². The Hall–Kier alpha value is -0.170. The fourth-order valence-corrected chi connectivity index (χ4v) is 3.14. The molecule has 1 aliphatic rings. The maximum Gasteiger partial charge on any atom is 0.281 e. The first-order chi connectivity index (χ1) is 7.26. The van der Waals surface area contributed by atoms with Gasteiger partial charge in [-0.2, -0.15) is 17.0 Å². The van der Waals surface area contributed by atoms with E-state index < -0.39 is 10.2 Å². The Morgan fingerprint density at radius 1 is 1.38 bits per heavy atom. The molecule has 0 aliphatic carbocycles. The van der Waals surface area contributed by atoms with Crippen LogP contribution in [0.15, 0.2) is 0 Å². The first kappa shape index (κ1) is 13.9. The monoisotopic (exact) mass is 249 g/mol. The van der Waals surface area contributed by atoms with Crippen molar-refractivity contribution in [1.82, 2.24) is 13.9 Å². The Balaban J connectivity index is 2.86. The number of hydrogen-bond acceptors (Lipinski definition) is 3. The lowest BCUT2D eigenvalue weighted by Gasteiger charge is -2.40. The van der Waals surface area contributed by atoms with Crippen LogP contribution < -0.4 is 5.32 Å². The molecule has 1 saturated heterocycles. The summed E-state index contributed by atoms with van der Waals surface area (Å²) >= 11 is 0. The Morgan fingerprint density at radius 3 is 2.38 bits per heavy atom. The summed E-state index contributed by atoms with van der Waals surface area (Å²) in [6, 6.07) is 0.258. The zero-order valence-corrected chi connectivity index (χ0v) is 11.6. The SMILES string of the molecule is CC(C)C1CN(S(=O)(=O)N(C)C)C(C)CN1. The van der Waals surface area contributed by atoms with Crippen LogP contribution in [0.1, 0.15) is 20.8 Å². The van der Waals surface area contributed by atoms with E-state index in [1.54, 1.807) is 18.4 Å². The molecule has 16 heavy (non-hydrogen) atoms. The Bertz CT molecular complexity index is 327. The van der Waals surface area contributed by atoms with Crippen LogP contribution in [-0.4, -0.2) is 56.3 Å². The first-order valence-corrected chi connectivity index (χ1v) is 7.09. The molecule has 96 valence electrons. The van der Waals surface area contributed by atoms with Gasteiger partial charge >= 0.3 is 0 Å². The second-order valence-electron chi connectivity index (χ2n) is 4.97. The molecule has 0 aromatic carbocycles. The molecule has 1 N–H and O–H groups in total. The van der Waals surface area contributed by atoms with Gasteiger partial charge in [-0.05, 0) is 12.8 Å². The molecule has 0 bridgehead atoms. The quantitative estimate of drug-likeness (QED) is 0.772. The molecule has 0 amide bonds. The third kappa shape index (κ3) is 2.74. The summed E-state index contributed by atoms with van der Waals surface area (Å²) in [4.78, 5) is 0. The zero-order valence-electron chi connectivity index (χ0n) is 10.8. The van der Waals surface area contributed by atoms with Gasteiger partial charge in [-0.25, -0.2) is 0 Å². The van der Waals surface area contributed by atoms with Gasteiger partial charge in [0.2, 0.25) is 0 Å². The molecule has 2 atom stereocenters. The van der Waals surface area contributed by atoms with Crippen LogP contribution in [0.4, 0.5) is 0 Å². The third-order valence-corrected chi connectivity index (χ3v) is 5.13. The second-order valence-corrected chi connectivity index (χ2v) is 7.06. The van der Waals surface area contributed by atoms with Crippen molar-refractivity contribution in [2.75, 3.05) is 27.2 Å². The van der Waals surface area contributed by atoms with Gasteiger partial charge in [-0.3, -0.25) is 0 Å². The minimum absolute atomic E-state index is 0.0161. The number of piperazine rings is 1. The lowest BCUT2D eigenvalue weighted by Crippen LogP contribution is -2.60. The fraction of sp³-hybridized carbons (Fsp3) is 1.00. The molecule has 6 heteroatoms. The molecular weight excluding hydrogens is 226 g/mol. The van der Waals surface area contributed by atoms with Crippen molar-refractivity contribution >= 4 is 10.2 Å². The van der Waals surface area contributed by atoms with Gasteiger partial charge in [-0.1, -0.05) is 13.8 Å². The van der Waals surface area contributed by atoms with E-state index in [1.165, 1.54) is 4.31 Å². The van der Waals surface area contributed by atoms with E-state index in [4.69, 9.17) is 0 Å². The van der Waals surface area contributed by atoms with E-state index in [0.29, 0.717) is 12.5 Å². The summed E-state index contributed by atoms with van der Waals surface area (Å²) in [6.07, 6.45) is 0. The highest BCUT2D eigenvalue weighted by atomic mass is 32.2. The number of nitrogens with zero attached hydrogens (tertiary/aromatic N) is 2. The average Bonchev–Trinajstić information content (AvgIpc) is 2.17. The second kappa shape index (κ2) is 5.00. The molecule has 5 nitrogen and oxygen atoms in total. The van der Waals surface area contributed by atoms with Crippen LogP contribution in [-0.2, 0) is 10.2 Å². The van der Waals surface area contributed by atoms with Crippen molar-refractivity contribution in [3.8, 4) is 0 Å². The van der Waals surface area contributed by atoms with Gasteiger partial charge in [0, 0.05) is 39.3 Å². The van der Waals surface area contributed by atoms with E-state index in [0.717, 1.165) is 6.54 Å². The molecule has 1 fully saturated rings. The molecule has 0 radical (unpaired) electrons. The summed E-state index contributed by atoms with van der Waals surface area (Å²) in [5.74, 6) is 0.437. The maximum absolute atomic E-state index is 12.1. The van der Waals surface area contributed by atoms with Crippen LogP contribution >= 0.6 is 0 Å². The highest BCUT2D eigenvalue weighted by Crippen LogP contribution is 2.17. The molecule has 0 aromatic rings. The van der Waals surface area contributed by atoms with Gasteiger partial charge in [0.25, 0.3) is 10.2 Å². The largest absolute Gasteiger partial charge is 0.311 e. The molecule has 0 saturated carbocycles. The molecule has 1 heterocycles.